The van der Waals surface area contributed by atoms with Gasteiger partial charge in [0.05, 0.1) is 5.75 Å². The number of anilines is 1. The van der Waals surface area contributed by atoms with E-state index < -0.39 is 10.0 Å². The largest absolute Gasteiger partial charge is 0.411 e. The number of nitrogens with one attached hydrogen (secondary N) is 1. The fourth-order valence-corrected chi connectivity index (χ4v) is 3.48. The molecule has 0 aliphatic rings. The second-order valence-electron chi connectivity index (χ2n) is 4.33. The van der Waals surface area contributed by atoms with E-state index in [1.807, 2.05) is 13.8 Å². The van der Waals surface area contributed by atoms with Crippen molar-refractivity contribution in [3.8, 4) is 0 Å². The van der Waals surface area contributed by atoms with E-state index in [2.05, 4.69) is 14.9 Å². The third-order valence-electron chi connectivity index (χ3n) is 2.23. The highest BCUT2D eigenvalue weighted by Crippen LogP contribution is 2.18. The van der Waals surface area contributed by atoms with Crippen LogP contribution >= 0.6 is 11.3 Å². The molecule has 0 radical (unpaired) electrons. The lowest BCUT2D eigenvalue weighted by atomic mass is 10.2. The molecular formula is C10H17N3O3S2. The summed E-state index contributed by atoms with van der Waals surface area (Å²) >= 11 is 1.16. The summed E-state index contributed by atoms with van der Waals surface area (Å²) in [4.78, 5) is 4.03. The Morgan fingerprint density at radius 2 is 2.28 bits per heavy atom. The van der Waals surface area contributed by atoms with E-state index in [0.717, 1.165) is 11.3 Å². The molecule has 0 bridgehead atoms. The maximum Gasteiger partial charge on any atom is 0.234 e. The summed E-state index contributed by atoms with van der Waals surface area (Å²) in [5.41, 5.74) is 0.808. The van der Waals surface area contributed by atoms with E-state index in [1.165, 1.54) is 0 Å². The third kappa shape index (κ3) is 4.61. The van der Waals surface area contributed by atoms with Crippen LogP contribution in [0.4, 0.5) is 5.13 Å². The average Bonchev–Trinajstić information content (AvgIpc) is 2.73. The molecule has 102 valence electrons. The first-order valence-electron chi connectivity index (χ1n) is 5.49. The molecule has 1 heterocycles. The number of rotatable bonds is 6. The number of thiazole rings is 1. The van der Waals surface area contributed by atoms with Gasteiger partial charge in [0.2, 0.25) is 10.0 Å². The minimum atomic E-state index is -3.35. The van der Waals surface area contributed by atoms with Crippen molar-refractivity contribution in [3.63, 3.8) is 0 Å². The Kier molecular flexibility index (Phi) is 5.09. The minimum absolute atomic E-state index is 0.0760. The Balaban J connectivity index is 2.70. The van der Waals surface area contributed by atoms with Gasteiger partial charge in [-0.15, -0.1) is 11.3 Å². The zero-order valence-electron chi connectivity index (χ0n) is 10.5. The van der Waals surface area contributed by atoms with Crippen molar-refractivity contribution in [3.05, 3.63) is 11.1 Å². The molecule has 0 fully saturated rings. The van der Waals surface area contributed by atoms with Crippen LogP contribution in [0.5, 0.6) is 0 Å². The Hall–Kier alpha value is -1.15. The molecule has 8 heteroatoms. The van der Waals surface area contributed by atoms with E-state index in [0.29, 0.717) is 23.7 Å². The average molecular weight is 291 g/mol. The molecule has 0 amide bonds. The molecule has 0 atom stereocenters. The van der Waals surface area contributed by atoms with E-state index in [9.17, 15) is 8.42 Å². The van der Waals surface area contributed by atoms with Gasteiger partial charge in [-0.1, -0.05) is 19.0 Å². The van der Waals surface area contributed by atoms with Crippen LogP contribution in [0.3, 0.4) is 0 Å². The van der Waals surface area contributed by atoms with Gasteiger partial charge in [-0.2, -0.15) is 0 Å². The molecule has 0 saturated carbocycles. The van der Waals surface area contributed by atoms with Crippen molar-refractivity contribution < 1.29 is 13.6 Å². The van der Waals surface area contributed by atoms with Gasteiger partial charge in [-0.05, 0) is 19.3 Å². The quantitative estimate of drug-likeness (QED) is 0.477. The second kappa shape index (κ2) is 6.14. The first kappa shape index (κ1) is 14.9. The first-order valence-corrected chi connectivity index (χ1v) is 8.02. The summed E-state index contributed by atoms with van der Waals surface area (Å²) in [5.74, 6) is 0.407. The van der Waals surface area contributed by atoms with Crippen molar-refractivity contribution in [1.29, 1.82) is 0 Å². The smallest absolute Gasteiger partial charge is 0.234 e. The highest BCUT2D eigenvalue weighted by molar-refractivity contribution is 7.92. The number of hydrogen-bond donors (Lipinski definition) is 2. The zero-order chi connectivity index (χ0) is 13.8. The number of oxime groups is 1. The summed E-state index contributed by atoms with van der Waals surface area (Å²) in [6.07, 6.45) is 0.602. The molecule has 1 rings (SSSR count). The summed E-state index contributed by atoms with van der Waals surface area (Å²) < 4.78 is 25.9. The van der Waals surface area contributed by atoms with Gasteiger partial charge in [0.15, 0.2) is 5.13 Å². The number of sulfonamides is 1. The van der Waals surface area contributed by atoms with Crippen molar-refractivity contribution >= 4 is 32.2 Å². The summed E-state index contributed by atoms with van der Waals surface area (Å²) in [6, 6.07) is 0. The van der Waals surface area contributed by atoms with Crippen molar-refractivity contribution in [2.24, 2.45) is 11.1 Å². The number of hydrogen-bond acceptors (Lipinski definition) is 6. The van der Waals surface area contributed by atoms with E-state index in [1.54, 1.807) is 12.3 Å². The van der Waals surface area contributed by atoms with Crippen LogP contribution in [0, 0.1) is 5.92 Å². The molecule has 0 aliphatic carbocycles. The molecule has 0 aliphatic heterocycles. The first-order chi connectivity index (χ1) is 8.34. The normalized spacial score (nSPS) is 13.0. The van der Waals surface area contributed by atoms with E-state index in [-0.39, 0.29) is 10.9 Å². The molecule has 0 spiro atoms. The van der Waals surface area contributed by atoms with Crippen molar-refractivity contribution in [2.75, 3.05) is 10.5 Å². The molecule has 1 aromatic rings. The highest BCUT2D eigenvalue weighted by atomic mass is 32.2. The Morgan fingerprint density at radius 1 is 1.61 bits per heavy atom. The van der Waals surface area contributed by atoms with Gasteiger partial charge in [-0.3, -0.25) is 4.72 Å². The van der Waals surface area contributed by atoms with Crippen molar-refractivity contribution in [2.45, 2.75) is 27.2 Å². The van der Waals surface area contributed by atoms with Gasteiger partial charge in [0.25, 0.3) is 0 Å². The monoisotopic (exact) mass is 291 g/mol. The highest BCUT2D eigenvalue weighted by Gasteiger charge is 2.14. The standard InChI is InChI=1S/C10H17N3O3S2/c1-7(2)4-5-18(15,16)13-10-11-9(6-17-10)8(3)12-14/h6-7,14H,4-5H2,1-3H3,(H,11,13). The molecule has 2 N–H and O–H groups in total. The molecule has 0 saturated heterocycles. The maximum absolute atomic E-state index is 11.7. The fourth-order valence-electron chi connectivity index (χ4n) is 1.11. The number of aromatic nitrogens is 1. The lowest BCUT2D eigenvalue weighted by Crippen LogP contribution is -2.17. The molecule has 6 nitrogen and oxygen atoms in total. The zero-order valence-corrected chi connectivity index (χ0v) is 12.2. The van der Waals surface area contributed by atoms with Gasteiger partial charge < -0.3 is 5.21 Å². The SMILES string of the molecule is CC(=NO)c1csc(NS(=O)(=O)CCC(C)C)n1. The molecule has 0 unspecified atom stereocenters. The van der Waals surface area contributed by atoms with Crippen LogP contribution in [-0.4, -0.2) is 30.1 Å². The molecule has 18 heavy (non-hydrogen) atoms. The molecule has 1 aromatic heterocycles. The van der Waals surface area contributed by atoms with Crippen LogP contribution in [-0.2, 0) is 10.0 Å². The predicted molar refractivity (Wildman–Crippen MR) is 73.0 cm³/mol. The lowest BCUT2D eigenvalue weighted by Gasteiger charge is -2.06. The minimum Gasteiger partial charge on any atom is -0.411 e. The van der Waals surface area contributed by atoms with Crippen LogP contribution in [0.25, 0.3) is 0 Å². The van der Waals surface area contributed by atoms with E-state index >= 15 is 0 Å². The second-order valence-corrected chi connectivity index (χ2v) is 7.03. The third-order valence-corrected chi connectivity index (χ3v) is 4.40. The van der Waals surface area contributed by atoms with Crippen LogP contribution in [0.15, 0.2) is 10.5 Å². The van der Waals surface area contributed by atoms with Crippen LogP contribution < -0.4 is 4.72 Å². The molecule has 0 aromatic carbocycles. The van der Waals surface area contributed by atoms with Gasteiger partial charge in [0.1, 0.15) is 11.4 Å². The Morgan fingerprint density at radius 3 is 2.83 bits per heavy atom. The Labute approximate surface area is 111 Å². The fraction of sp³-hybridized carbons (Fsp3) is 0.600. The van der Waals surface area contributed by atoms with Crippen molar-refractivity contribution in [1.82, 2.24) is 4.98 Å². The van der Waals surface area contributed by atoms with Gasteiger partial charge in [-0.25, -0.2) is 13.4 Å². The summed E-state index contributed by atoms with van der Waals surface area (Å²) in [7, 11) is -3.35. The van der Waals surface area contributed by atoms with E-state index in [4.69, 9.17) is 5.21 Å². The summed E-state index contributed by atoms with van der Waals surface area (Å²) in [6.45, 7) is 5.53. The predicted octanol–water partition coefficient (Wildman–Crippen LogP) is 2.13. The Bertz CT molecular complexity index is 520. The van der Waals surface area contributed by atoms with Gasteiger partial charge in [0, 0.05) is 5.38 Å². The van der Waals surface area contributed by atoms with Crippen LogP contribution in [0.1, 0.15) is 32.9 Å². The topological polar surface area (TPSA) is 91.7 Å². The summed E-state index contributed by atoms with van der Waals surface area (Å²) in [5, 5.41) is 13.5. The molecular weight excluding hydrogens is 274 g/mol. The maximum atomic E-state index is 11.7. The van der Waals surface area contributed by atoms with Crippen LogP contribution in [0.2, 0.25) is 0 Å². The number of nitrogens with zero attached hydrogens (tertiary/aromatic N) is 2. The lowest BCUT2D eigenvalue weighted by molar-refractivity contribution is 0.319. The van der Waals surface area contributed by atoms with Gasteiger partial charge >= 0.3 is 0 Å².